The molecule has 14 heavy (non-hydrogen) atoms. The highest BCUT2D eigenvalue weighted by Gasteiger charge is 2.27. The molecule has 1 aromatic rings. The molecule has 2 heterocycles. The van der Waals surface area contributed by atoms with Crippen LogP contribution in [0.2, 0.25) is 0 Å². The number of carbonyl (C=O) groups is 2. The van der Waals surface area contributed by atoms with Crippen LogP contribution in [0.4, 0.5) is 0 Å². The zero-order valence-electron chi connectivity index (χ0n) is 7.36. The van der Waals surface area contributed by atoms with E-state index in [4.69, 9.17) is 4.42 Å². The van der Waals surface area contributed by atoms with Gasteiger partial charge in [-0.05, 0) is 18.6 Å². The fraction of sp³-hybridized carbons (Fsp3) is 0.333. The number of hydrogen-bond donors (Lipinski definition) is 1. The number of hydrogen-bond acceptors (Lipinski definition) is 4. The van der Waals surface area contributed by atoms with Gasteiger partial charge in [0.25, 0.3) is 5.91 Å². The van der Waals surface area contributed by atoms with Crippen molar-refractivity contribution in [2.45, 2.75) is 12.5 Å². The van der Waals surface area contributed by atoms with Gasteiger partial charge in [-0.2, -0.15) is 0 Å². The maximum absolute atomic E-state index is 11.4. The van der Waals surface area contributed by atoms with E-state index in [9.17, 15) is 9.59 Å². The van der Waals surface area contributed by atoms with Gasteiger partial charge in [-0.3, -0.25) is 9.59 Å². The molecule has 1 fully saturated rings. The van der Waals surface area contributed by atoms with Gasteiger partial charge >= 0.3 is 0 Å². The first-order chi connectivity index (χ1) is 6.77. The molecule has 1 saturated heterocycles. The maximum Gasteiger partial charge on any atom is 0.287 e. The van der Waals surface area contributed by atoms with Crippen molar-refractivity contribution in [1.29, 1.82) is 0 Å². The highest BCUT2D eigenvalue weighted by atomic mass is 32.2. The van der Waals surface area contributed by atoms with Crippen LogP contribution in [0.15, 0.2) is 22.8 Å². The minimum absolute atomic E-state index is 0.0323. The molecular weight excluding hydrogens is 202 g/mol. The Balaban J connectivity index is 1.98. The number of carbonyl (C=O) groups excluding carboxylic acids is 2. The lowest BCUT2D eigenvalue weighted by atomic mass is 10.2. The van der Waals surface area contributed by atoms with Crippen LogP contribution in [0, 0.1) is 0 Å². The van der Waals surface area contributed by atoms with Crippen LogP contribution in [0.5, 0.6) is 0 Å². The van der Waals surface area contributed by atoms with E-state index in [0.29, 0.717) is 6.42 Å². The molecule has 1 N–H and O–H groups in total. The second-order valence-corrected chi connectivity index (χ2v) is 4.06. The summed E-state index contributed by atoms with van der Waals surface area (Å²) in [5.74, 6) is 0.702. The number of furan rings is 1. The normalized spacial score (nSPS) is 21.1. The molecule has 0 aromatic carbocycles. The molecule has 1 atom stereocenters. The van der Waals surface area contributed by atoms with E-state index in [2.05, 4.69) is 5.32 Å². The van der Waals surface area contributed by atoms with Gasteiger partial charge in [0.15, 0.2) is 5.76 Å². The number of rotatable bonds is 2. The summed E-state index contributed by atoms with van der Waals surface area (Å²) in [7, 11) is 0. The highest BCUT2D eigenvalue weighted by molar-refractivity contribution is 8.14. The maximum atomic E-state index is 11.4. The van der Waals surface area contributed by atoms with Crippen molar-refractivity contribution < 1.29 is 14.0 Å². The molecule has 0 bridgehead atoms. The smallest absolute Gasteiger partial charge is 0.287 e. The molecule has 0 saturated carbocycles. The Labute approximate surface area is 85.0 Å². The quantitative estimate of drug-likeness (QED) is 0.794. The Bertz CT molecular complexity index is 347. The van der Waals surface area contributed by atoms with Crippen LogP contribution in [0.3, 0.4) is 0 Å². The first kappa shape index (κ1) is 9.33. The van der Waals surface area contributed by atoms with Gasteiger partial charge in [0.1, 0.15) is 0 Å². The average molecular weight is 211 g/mol. The Morgan fingerprint density at radius 2 is 2.50 bits per heavy atom. The molecule has 2 rings (SSSR count). The first-order valence-corrected chi connectivity index (χ1v) is 5.27. The van der Waals surface area contributed by atoms with Crippen molar-refractivity contribution >= 4 is 22.8 Å². The summed E-state index contributed by atoms with van der Waals surface area (Å²) in [6.07, 6.45) is 2.14. The monoisotopic (exact) mass is 211 g/mol. The molecule has 4 nitrogen and oxygen atoms in total. The van der Waals surface area contributed by atoms with Crippen molar-refractivity contribution in [3.8, 4) is 0 Å². The van der Waals surface area contributed by atoms with Gasteiger partial charge in [-0.25, -0.2) is 0 Å². The highest BCUT2D eigenvalue weighted by Crippen LogP contribution is 2.19. The molecule has 0 radical (unpaired) electrons. The summed E-state index contributed by atoms with van der Waals surface area (Å²) in [5.41, 5.74) is 0. The van der Waals surface area contributed by atoms with E-state index in [1.165, 1.54) is 18.0 Å². The van der Waals surface area contributed by atoms with Gasteiger partial charge in [0.2, 0.25) is 5.12 Å². The standard InChI is InChI=1S/C9H9NO3S/c11-8(7-2-1-4-13-7)10-6-3-5-14-9(6)12/h1-2,4,6H,3,5H2,(H,10,11)/t6-/m1/s1. The lowest BCUT2D eigenvalue weighted by Crippen LogP contribution is -2.36. The fourth-order valence-corrected chi connectivity index (χ4v) is 2.20. The SMILES string of the molecule is O=C(N[C@@H]1CCSC1=O)c1ccco1. The van der Waals surface area contributed by atoms with E-state index in [1.807, 2.05) is 0 Å². The molecule has 0 aliphatic carbocycles. The molecule has 1 aliphatic rings. The van der Waals surface area contributed by atoms with Crippen LogP contribution in [-0.4, -0.2) is 22.8 Å². The van der Waals surface area contributed by atoms with E-state index in [1.54, 1.807) is 12.1 Å². The topological polar surface area (TPSA) is 59.3 Å². The van der Waals surface area contributed by atoms with Gasteiger partial charge in [-0.1, -0.05) is 11.8 Å². The Morgan fingerprint density at radius 1 is 1.64 bits per heavy atom. The van der Waals surface area contributed by atoms with Crippen molar-refractivity contribution in [2.75, 3.05) is 5.75 Å². The average Bonchev–Trinajstić information content (AvgIpc) is 2.77. The second-order valence-electron chi connectivity index (χ2n) is 2.96. The molecule has 0 spiro atoms. The predicted molar refractivity (Wildman–Crippen MR) is 52.0 cm³/mol. The minimum Gasteiger partial charge on any atom is -0.459 e. The Hall–Kier alpha value is -1.23. The lowest BCUT2D eigenvalue weighted by molar-refractivity contribution is -0.112. The molecule has 1 aliphatic heterocycles. The molecule has 74 valence electrons. The minimum atomic E-state index is -0.349. The van der Waals surface area contributed by atoms with E-state index < -0.39 is 0 Å². The van der Waals surface area contributed by atoms with Crippen LogP contribution < -0.4 is 5.32 Å². The van der Waals surface area contributed by atoms with Gasteiger partial charge in [0.05, 0.1) is 12.3 Å². The zero-order chi connectivity index (χ0) is 9.97. The van der Waals surface area contributed by atoms with Gasteiger partial charge in [0, 0.05) is 5.75 Å². The molecule has 1 aromatic heterocycles. The Morgan fingerprint density at radius 3 is 3.07 bits per heavy atom. The van der Waals surface area contributed by atoms with Gasteiger partial charge < -0.3 is 9.73 Å². The summed E-state index contributed by atoms with van der Waals surface area (Å²) < 4.78 is 4.91. The van der Waals surface area contributed by atoms with E-state index in [-0.39, 0.29) is 22.8 Å². The van der Waals surface area contributed by atoms with Crippen LogP contribution in [0.1, 0.15) is 17.0 Å². The Kier molecular flexibility index (Phi) is 2.58. The summed E-state index contributed by atoms with van der Waals surface area (Å²) in [5, 5.41) is 2.66. The lowest BCUT2D eigenvalue weighted by Gasteiger charge is -2.07. The van der Waals surface area contributed by atoms with E-state index in [0.717, 1.165) is 5.75 Å². The summed E-state index contributed by atoms with van der Waals surface area (Å²) >= 11 is 1.26. The number of thioether (sulfide) groups is 1. The second kappa shape index (κ2) is 3.88. The third kappa shape index (κ3) is 1.82. The third-order valence-electron chi connectivity index (χ3n) is 1.99. The zero-order valence-corrected chi connectivity index (χ0v) is 8.17. The van der Waals surface area contributed by atoms with Crippen LogP contribution in [0.25, 0.3) is 0 Å². The van der Waals surface area contributed by atoms with Crippen molar-refractivity contribution in [1.82, 2.24) is 5.32 Å². The predicted octanol–water partition coefficient (Wildman–Crippen LogP) is 1.04. The fourth-order valence-electron chi connectivity index (χ4n) is 1.26. The summed E-state index contributed by atoms with van der Waals surface area (Å²) in [6, 6.07) is 2.86. The number of nitrogens with one attached hydrogen (secondary N) is 1. The van der Waals surface area contributed by atoms with Crippen LogP contribution in [-0.2, 0) is 4.79 Å². The molecule has 0 unspecified atom stereocenters. The molecule has 1 amide bonds. The molecule has 5 heteroatoms. The summed E-state index contributed by atoms with van der Waals surface area (Å²) in [4.78, 5) is 22.6. The van der Waals surface area contributed by atoms with Crippen LogP contribution >= 0.6 is 11.8 Å². The van der Waals surface area contributed by atoms with Gasteiger partial charge in [-0.15, -0.1) is 0 Å². The molecular formula is C9H9NO3S. The van der Waals surface area contributed by atoms with E-state index >= 15 is 0 Å². The largest absolute Gasteiger partial charge is 0.459 e. The van der Waals surface area contributed by atoms with Crippen molar-refractivity contribution in [2.24, 2.45) is 0 Å². The summed E-state index contributed by atoms with van der Waals surface area (Å²) in [6.45, 7) is 0. The van der Waals surface area contributed by atoms with Crippen molar-refractivity contribution in [3.05, 3.63) is 24.2 Å². The first-order valence-electron chi connectivity index (χ1n) is 4.28. The van der Waals surface area contributed by atoms with Crippen molar-refractivity contribution in [3.63, 3.8) is 0 Å². The third-order valence-corrected chi connectivity index (χ3v) is 2.99. The number of amides is 1.